The number of hydrogen-bond acceptors (Lipinski definition) is 4. The number of carbonyl (C=O) groups excluding carboxylic acids is 1. The van der Waals surface area contributed by atoms with Gasteiger partial charge in [-0.2, -0.15) is 0 Å². The minimum absolute atomic E-state index is 0.145. The molecule has 1 aromatic carbocycles. The van der Waals surface area contributed by atoms with Crippen LogP contribution in [0.25, 0.3) is 0 Å². The van der Waals surface area contributed by atoms with E-state index in [1.807, 2.05) is 0 Å². The fourth-order valence-corrected chi connectivity index (χ4v) is 4.10. The second kappa shape index (κ2) is 8.12. The van der Waals surface area contributed by atoms with Crippen LogP contribution in [0, 0.1) is 5.82 Å². The summed E-state index contributed by atoms with van der Waals surface area (Å²) in [5, 5.41) is 13.0. The van der Waals surface area contributed by atoms with Crippen LogP contribution in [0.1, 0.15) is 67.8 Å². The van der Waals surface area contributed by atoms with Gasteiger partial charge in [0.1, 0.15) is 11.6 Å². The molecule has 0 saturated carbocycles. The Bertz CT molecular complexity index is 924. The highest BCUT2D eigenvalue weighted by Crippen LogP contribution is 2.39. The molecule has 1 aliphatic heterocycles. The summed E-state index contributed by atoms with van der Waals surface area (Å²) < 4.78 is 14.5. The Balaban J connectivity index is 1.94. The molecule has 2 N–H and O–H groups in total. The van der Waals surface area contributed by atoms with Crippen LogP contribution in [0.3, 0.4) is 0 Å². The number of amides is 1. The number of halogens is 1. The van der Waals surface area contributed by atoms with Gasteiger partial charge in [0.05, 0.1) is 0 Å². The van der Waals surface area contributed by atoms with Crippen LogP contribution >= 0.6 is 0 Å². The minimum atomic E-state index is -0.622. The van der Waals surface area contributed by atoms with E-state index in [0.29, 0.717) is 17.9 Å². The van der Waals surface area contributed by atoms with Gasteiger partial charge >= 0.3 is 0 Å². The van der Waals surface area contributed by atoms with E-state index in [-0.39, 0.29) is 23.5 Å². The molecule has 1 amide bonds. The third-order valence-corrected chi connectivity index (χ3v) is 5.64. The fraction of sp³-hybridized carbons (Fsp3) is 0.476. The largest absolute Gasteiger partial charge is 0.501 e. The maximum absolute atomic E-state index is 13.0. The summed E-state index contributed by atoms with van der Waals surface area (Å²) in [6.07, 6.45) is 4.38. The maximum Gasteiger partial charge on any atom is 0.296 e. The van der Waals surface area contributed by atoms with Gasteiger partial charge in [0.15, 0.2) is 5.69 Å². The SMILES string of the molecule is CCCC1(CC)CCCn2c1nc(C(=O)NCc1ccc(F)cc1)c(O)c2=O. The second-order valence-electron chi connectivity index (χ2n) is 7.39. The van der Waals surface area contributed by atoms with Gasteiger partial charge < -0.3 is 10.4 Å². The zero-order valence-corrected chi connectivity index (χ0v) is 16.3. The molecular formula is C21H26FN3O3. The Kier molecular flexibility index (Phi) is 5.82. The van der Waals surface area contributed by atoms with Gasteiger partial charge in [0.2, 0.25) is 5.75 Å². The van der Waals surface area contributed by atoms with E-state index in [0.717, 1.165) is 32.1 Å². The standard InChI is InChI=1S/C21H26FN3O3/c1-3-10-21(4-2)11-5-12-25-19(28)17(26)16(24-20(21)25)18(27)23-13-14-6-8-15(22)9-7-14/h6-9,26H,3-5,10-13H2,1-2H3,(H,23,27). The molecule has 1 aromatic heterocycles. The monoisotopic (exact) mass is 387 g/mol. The second-order valence-corrected chi connectivity index (χ2v) is 7.39. The molecule has 6 nitrogen and oxygen atoms in total. The van der Waals surface area contributed by atoms with Gasteiger partial charge in [0, 0.05) is 18.5 Å². The summed E-state index contributed by atoms with van der Waals surface area (Å²) >= 11 is 0. The normalized spacial score (nSPS) is 18.5. The van der Waals surface area contributed by atoms with Crippen molar-refractivity contribution in [2.45, 2.75) is 64.5 Å². The molecule has 0 aliphatic carbocycles. The number of aromatic hydroxyl groups is 1. The summed E-state index contributed by atoms with van der Waals surface area (Å²) in [6.45, 7) is 4.80. The van der Waals surface area contributed by atoms with Crippen LogP contribution in [0.2, 0.25) is 0 Å². The third-order valence-electron chi connectivity index (χ3n) is 5.64. The first kappa shape index (κ1) is 20.0. The van der Waals surface area contributed by atoms with Gasteiger partial charge in [-0.1, -0.05) is 32.4 Å². The van der Waals surface area contributed by atoms with Gasteiger partial charge in [-0.15, -0.1) is 0 Å². The predicted octanol–water partition coefficient (Wildman–Crippen LogP) is 3.26. The molecule has 0 radical (unpaired) electrons. The molecule has 1 unspecified atom stereocenters. The van der Waals surface area contributed by atoms with Crippen LogP contribution in [-0.2, 0) is 18.5 Å². The lowest BCUT2D eigenvalue weighted by Gasteiger charge is -2.38. The summed E-state index contributed by atoms with van der Waals surface area (Å²) in [5.41, 5.74) is -0.358. The average Bonchev–Trinajstić information content (AvgIpc) is 2.70. The Hall–Kier alpha value is -2.70. The van der Waals surface area contributed by atoms with Crippen LogP contribution in [0.4, 0.5) is 4.39 Å². The molecular weight excluding hydrogens is 361 g/mol. The number of benzene rings is 1. The highest BCUT2D eigenvalue weighted by molar-refractivity contribution is 5.94. The van der Waals surface area contributed by atoms with Crippen LogP contribution in [0.5, 0.6) is 5.75 Å². The van der Waals surface area contributed by atoms with Crippen molar-refractivity contribution in [2.24, 2.45) is 0 Å². The van der Waals surface area contributed by atoms with Gasteiger partial charge in [-0.25, -0.2) is 9.37 Å². The van der Waals surface area contributed by atoms with Crippen LogP contribution in [0.15, 0.2) is 29.1 Å². The summed E-state index contributed by atoms with van der Waals surface area (Å²) in [5.74, 6) is -1.00. The molecule has 0 saturated heterocycles. The zero-order chi connectivity index (χ0) is 20.3. The first-order valence-electron chi connectivity index (χ1n) is 9.78. The molecule has 28 heavy (non-hydrogen) atoms. The minimum Gasteiger partial charge on any atom is -0.501 e. The fourth-order valence-electron chi connectivity index (χ4n) is 4.10. The van der Waals surface area contributed by atoms with E-state index in [1.54, 1.807) is 12.1 Å². The number of fused-ring (bicyclic) bond motifs is 1. The summed E-state index contributed by atoms with van der Waals surface area (Å²) in [7, 11) is 0. The molecule has 7 heteroatoms. The van der Waals surface area contributed by atoms with E-state index < -0.39 is 17.2 Å². The van der Waals surface area contributed by atoms with Crippen molar-refractivity contribution in [3.05, 3.63) is 57.5 Å². The molecule has 0 spiro atoms. The van der Waals surface area contributed by atoms with Crippen molar-refractivity contribution in [1.82, 2.24) is 14.9 Å². The third kappa shape index (κ3) is 3.66. The van der Waals surface area contributed by atoms with Crippen molar-refractivity contribution in [3.8, 4) is 5.75 Å². The highest BCUT2D eigenvalue weighted by Gasteiger charge is 2.38. The Labute approximate surface area is 163 Å². The van der Waals surface area contributed by atoms with Crippen molar-refractivity contribution < 1.29 is 14.3 Å². The Morgan fingerprint density at radius 2 is 2.04 bits per heavy atom. The number of carbonyl (C=O) groups is 1. The number of nitrogens with zero attached hydrogens (tertiary/aromatic N) is 2. The van der Waals surface area contributed by atoms with E-state index in [1.165, 1.54) is 16.7 Å². The van der Waals surface area contributed by atoms with Crippen LogP contribution in [-0.4, -0.2) is 20.6 Å². The molecule has 1 atom stereocenters. The number of rotatable bonds is 6. The number of nitrogens with one attached hydrogen (secondary N) is 1. The molecule has 0 fully saturated rings. The number of aromatic nitrogens is 2. The maximum atomic E-state index is 13.0. The summed E-state index contributed by atoms with van der Waals surface area (Å²) in [6, 6.07) is 5.74. The Morgan fingerprint density at radius 1 is 1.32 bits per heavy atom. The van der Waals surface area contributed by atoms with Gasteiger partial charge in [-0.3, -0.25) is 14.2 Å². The smallest absolute Gasteiger partial charge is 0.296 e. The molecule has 0 bridgehead atoms. The highest BCUT2D eigenvalue weighted by atomic mass is 19.1. The van der Waals surface area contributed by atoms with Crippen LogP contribution < -0.4 is 10.9 Å². The van der Waals surface area contributed by atoms with Crippen molar-refractivity contribution in [1.29, 1.82) is 0 Å². The van der Waals surface area contributed by atoms with Crippen molar-refractivity contribution in [3.63, 3.8) is 0 Å². The van der Waals surface area contributed by atoms with E-state index in [9.17, 15) is 19.1 Å². The van der Waals surface area contributed by atoms with E-state index in [2.05, 4.69) is 24.1 Å². The van der Waals surface area contributed by atoms with E-state index >= 15 is 0 Å². The topological polar surface area (TPSA) is 84.2 Å². The zero-order valence-electron chi connectivity index (χ0n) is 16.3. The predicted molar refractivity (Wildman–Crippen MR) is 104 cm³/mol. The lowest BCUT2D eigenvalue weighted by atomic mass is 9.74. The lowest BCUT2D eigenvalue weighted by molar-refractivity contribution is 0.0940. The first-order chi connectivity index (χ1) is 13.4. The lowest BCUT2D eigenvalue weighted by Crippen LogP contribution is -2.42. The van der Waals surface area contributed by atoms with Gasteiger partial charge in [0.25, 0.3) is 11.5 Å². The molecule has 3 rings (SSSR count). The molecule has 2 heterocycles. The molecule has 150 valence electrons. The van der Waals surface area contributed by atoms with Crippen molar-refractivity contribution >= 4 is 5.91 Å². The molecule has 1 aliphatic rings. The average molecular weight is 387 g/mol. The van der Waals surface area contributed by atoms with Gasteiger partial charge in [-0.05, 0) is 43.4 Å². The summed E-state index contributed by atoms with van der Waals surface area (Å²) in [4.78, 5) is 29.8. The Morgan fingerprint density at radius 3 is 2.68 bits per heavy atom. The number of hydrogen-bond donors (Lipinski definition) is 2. The quantitative estimate of drug-likeness (QED) is 0.797. The first-order valence-corrected chi connectivity index (χ1v) is 9.78. The molecule has 2 aromatic rings. The van der Waals surface area contributed by atoms with E-state index in [4.69, 9.17) is 0 Å². The van der Waals surface area contributed by atoms with Crippen molar-refractivity contribution in [2.75, 3.05) is 0 Å².